The van der Waals surface area contributed by atoms with Crippen molar-refractivity contribution >= 4 is 50.8 Å². The Hall–Kier alpha value is -4.11. The van der Waals surface area contributed by atoms with E-state index in [4.69, 9.17) is 4.74 Å². The van der Waals surface area contributed by atoms with Crippen LogP contribution in [-0.2, 0) is 19.2 Å². The second kappa shape index (κ2) is 9.76. The normalized spacial score (nSPS) is 25.4. The first-order chi connectivity index (χ1) is 19.5. The zero-order valence-electron chi connectivity index (χ0n) is 22.6. The van der Waals surface area contributed by atoms with Crippen molar-refractivity contribution in [3.8, 4) is 11.5 Å². The average molecular weight is 616 g/mol. The number of methoxy groups -OCH3 is 1. The van der Waals surface area contributed by atoms with Crippen molar-refractivity contribution in [2.24, 2.45) is 17.8 Å². The van der Waals surface area contributed by atoms with Gasteiger partial charge in [-0.15, -0.1) is 0 Å². The number of aromatic hydroxyl groups is 1. The van der Waals surface area contributed by atoms with Crippen molar-refractivity contribution in [3.63, 3.8) is 0 Å². The summed E-state index contributed by atoms with van der Waals surface area (Å²) in [5.74, 6) is -3.70. The number of amides is 2. The minimum Gasteiger partial charge on any atom is -0.503 e. The summed E-state index contributed by atoms with van der Waals surface area (Å²) in [4.78, 5) is 67.4. The average Bonchev–Trinajstić information content (AvgIpc) is 3.21. The topological polar surface area (TPSA) is 118 Å². The van der Waals surface area contributed by atoms with Gasteiger partial charge in [0.1, 0.15) is 0 Å². The highest BCUT2D eigenvalue weighted by Gasteiger charge is 2.56. The van der Waals surface area contributed by atoms with Crippen LogP contribution in [0.4, 0.5) is 5.69 Å². The Morgan fingerprint density at radius 3 is 2.41 bits per heavy atom. The number of ether oxygens (including phenoxy) is 1. The van der Waals surface area contributed by atoms with Crippen LogP contribution in [0, 0.1) is 17.8 Å². The Labute approximate surface area is 244 Å². The van der Waals surface area contributed by atoms with E-state index in [1.165, 1.54) is 25.0 Å². The number of carbonyl (C=O) groups is 5. The van der Waals surface area contributed by atoms with Crippen LogP contribution in [0.5, 0.6) is 11.5 Å². The molecule has 2 aromatic carbocycles. The number of halogens is 1. The summed E-state index contributed by atoms with van der Waals surface area (Å²) in [5, 5.41) is 10.5. The van der Waals surface area contributed by atoms with Gasteiger partial charge in [-0.1, -0.05) is 11.6 Å². The zero-order chi connectivity index (χ0) is 29.3. The van der Waals surface area contributed by atoms with Gasteiger partial charge in [-0.2, -0.15) is 0 Å². The molecule has 1 saturated heterocycles. The van der Waals surface area contributed by atoms with Crippen molar-refractivity contribution in [1.82, 2.24) is 0 Å². The molecule has 8 nitrogen and oxygen atoms in total. The SMILES string of the molecule is COc1cc([C@H]2C3=CC[C@@H]4C(=O)N(c5ccc(C(C)=O)cc5)C(=O)[C@@H]4[C@@H]3CC3=C2C(=O)C(C)=CC3=O)cc(Br)c1O. The number of fused-ring (bicyclic) bond motifs is 3. The lowest BCUT2D eigenvalue weighted by atomic mass is 9.59. The van der Waals surface area contributed by atoms with E-state index in [1.807, 2.05) is 6.08 Å². The summed E-state index contributed by atoms with van der Waals surface area (Å²) in [5.41, 5.74) is 3.34. The highest BCUT2D eigenvalue weighted by atomic mass is 79.9. The van der Waals surface area contributed by atoms with Crippen LogP contribution in [0.2, 0.25) is 0 Å². The number of ketones is 3. The Bertz CT molecular complexity index is 1680. The fourth-order valence-corrected chi connectivity index (χ4v) is 7.22. The zero-order valence-corrected chi connectivity index (χ0v) is 24.2. The van der Waals surface area contributed by atoms with Gasteiger partial charge in [0.25, 0.3) is 0 Å². The van der Waals surface area contributed by atoms with E-state index in [1.54, 1.807) is 43.3 Å². The first-order valence-electron chi connectivity index (χ1n) is 13.3. The predicted octanol–water partition coefficient (Wildman–Crippen LogP) is 5.00. The molecule has 3 aliphatic carbocycles. The quantitative estimate of drug-likeness (QED) is 0.222. The van der Waals surface area contributed by atoms with Crippen molar-refractivity contribution < 1.29 is 33.8 Å². The minimum atomic E-state index is -0.719. The molecule has 9 heteroatoms. The van der Waals surface area contributed by atoms with Crippen LogP contribution in [0.25, 0.3) is 0 Å². The number of hydrogen-bond acceptors (Lipinski definition) is 7. The number of hydrogen-bond donors (Lipinski definition) is 1. The molecule has 0 spiro atoms. The Balaban J connectivity index is 1.48. The molecule has 41 heavy (non-hydrogen) atoms. The summed E-state index contributed by atoms with van der Waals surface area (Å²) in [6.07, 6.45) is 3.74. The molecule has 1 fully saturated rings. The van der Waals surface area contributed by atoms with Gasteiger partial charge < -0.3 is 9.84 Å². The summed E-state index contributed by atoms with van der Waals surface area (Å²) in [6.45, 7) is 3.06. The van der Waals surface area contributed by atoms with E-state index in [-0.39, 0.29) is 47.1 Å². The molecule has 0 radical (unpaired) electrons. The van der Waals surface area contributed by atoms with Gasteiger partial charge in [0.05, 0.1) is 29.1 Å². The predicted molar refractivity (Wildman–Crippen MR) is 153 cm³/mol. The van der Waals surface area contributed by atoms with Gasteiger partial charge in [-0.3, -0.25) is 28.9 Å². The molecule has 0 unspecified atom stereocenters. The van der Waals surface area contributed by atoms with Gasteiger partial charge in [0.15, 0.2) is 28.8 Å². The number of carbonyl (C=O) groups excluding carboxylic acids is 5. The monoisotopic (exact) mass is 615 g/mol. The first-order valence-corrected chi connectivity index (χ1v) is 14.1. The maximum absolute atomic E-state index is 14.0. The molecular formula is C32H26BrNO7. The highest BCUT2D eigenvalue weighted by molar-refractivity contribution is 9.10. The van der Waals surface area contributed by atoms with Crippen LogP contribution >= 0.6 is 15.9 Å². The number of nitrogens with zero attached hydrogens (tertiary/aromatic N) is 1. The van der Waals surface area contributed by atoms with Gasteiger partial charge in [-0.05, 0) is 96.6 Å². The van der Waals surface area contributed by atoms with Crippen LogP contribution in [0.1, 0.15) is 48.5 Å². The molecule has 208 valence electrons. The molecular weight excluding hydrogens is 590 g/mol. The smallest absolute Gasteiger partial charge is 0.238 e. The first kappa shape index (κ1) is 27.1. The lowest BCUT2D eigenvalue weighted by Crippen LogP contribution is -2.39. The third kappa shape index (κ3) is 4.05. The molecule has 0 saturated carbocycles. The van der Waals surface area contributed by atoms with Crippen molar-refractivity contribution in [2.45, 2.75) is 32.6 Å². The van der Waals surface area contributed by atoms with Gasteiger partial charge >= 0.3 is 0 Å². The number of imide groups is 1. The molecule has 4 aliphatic rings. The van der Waals surface area contributed by atoms with Crippen molar-refractivity contribution in [2.75, 3.05) is 12.0 Å². The van der Waals surface area contributed by atoms with Crippen molar-refractivity contribution in [3.05, 3.63) is 86.4 Å². The third-order valence-corrected chi connectivity index (χ3v) is 9.31. The lowest BCUT2D eigenvalue weighted by molar-refractivity contribution is -0.123. The van der Waals surface area contributed by atoms with Crippen LogP contribution in [0.3, 0.4) is 0 Å². The van der Waals surface area contributed by atoms with E-state index in [0.29, 0.717) is 44.4 Å². The number of rotatable bonds is 4. The van der Waals surface area contributed by atoms with E-state index < -0.39 is 23.7 Å². The third-order valence-electron chi connectivity index (χ3n) is 8.70. The van der Waals surface area contributed by atoms with Crippen LogP contribution in [-0.4, -0.2) is 41.4 Å². The molecule has 1 N–H and O–H groups in total. The summed E-state index contributed by atoms with van der Waals surface area (Å²) in [6, 6.07) is 9.71. The standard InChI is InChI=1S/C32H26BrNO7/c1-14-10-24(36)22-13-21-19(26(28(22)29(14)37)17-11-23(33)30(38)25(12-17)41-3)8-9-20-27(21)32(40)34(31(20)39)18-6-4-16(5-7-18)15(2)35/h4-8,10-12,20-21,26-27,38H,9,13H2,1-3H3/t20-,21+,26-,27-/m0/s1. The van der Waals surface area contributed by atoms with E-state index in [2.05, 4.69) is 15.9 Å². The molecule has 4 atom stereocenters. The Morgan fingerprint density at radius 1 is 1.05 bits per heavy atom. The lowest BCUT2D eigenvalue weighted by Gasteiger charge is -2.42. The summed E-state index contributed by atoms with van der Waals surface area (Å²) in [7, 11) is 1.42. The molecule has 6 rings (SSSR count). The largest absolute Gasteiger partial charge is 0.503 e. The summed E-state index contributed by atoms with van der Waals surface area (Å²) < 4.78 is 5.74. The maximum atomic E-state index is 14.0. The minimum absolute atomic E-state index is 0.0966. The Kier molecular flexibility index (Phi) is 6.45. The number of anilines is 1. The number of benzene rings is 2. The number of allylic oxidation sites excluding steroid dienone is 6. The van der Waals surface area contributed by atoms with Crippen LogP contribution in [0.15, 0.2) is 75.3 Å². The van der Waals surface area contributed by atoms with Gasteiger partial charge in [-0.25, -0.2) is 0 Å². The molecule has 2 amide bonds. The fourth-order valence-electron chi connectivity index (χ4n) is 6.76. The van der Waals surface area contributed by atoms with Gasteiger partial charge in [0.2, 0.25) is 11.8 Å². The molecule has 0 bridgehead atoms. The fraction of sp³-hybridized carbons (Fsp3) is 0.281. The number of Topliss-reactive ketones (excluding diaryl/α,β-unsaturated/α-hetero) is 2. The Morgan fingerprint density at radius 2 is 1.76 bits per heavy atom. The molecule has 1 aliphatic heterocycles. The second-order valence-electron chi connectivity index (χ2n) is 10.9. The number of phenols is 1. The number of phenolic OH excluding ortho intramolecular Hbond substituents is 1. The maximum Gasteiger partial charge on any atom is 0.238 e. The van der Waals surface area contributed by atoms with E-state index in [9.17, 15) is 29.1 Å². The second-order valence-corrected chi connectivity index (χ2v) is 11.8. The van der Waals surface area contributed by atoms with Crippen LogP contribution < -0.4 is 9.64 Å². The highest BCUT2D eigenvalue weighted by Crippen LogP contribution is 2.56. The molecule has 2 aromatic rings. The van der Waals surface area contributed by atoms with E-state index >= 15 is 0 Å². The molecule has 0 aromatic heterocycles. The van der Waals surface area contributed by atoms with Gasteiger partial charge in [0, 0.05) is 28.2 Å². The summed E-state index contributed by atoms with van der Waals surface area (Å²) >= 11 is 3.37. The molecule has 1 heterocycles. The van der Waals surface area contributed by atoms with E-state index in [0.717, 1.165) is 5.57 Å². The van der Waals surface area contributed by atoms with Crippen molar-refractivity contribution in [1.29, 1.82) is 0 Å².